The highest BCUT2D eigenvalue weighted by Gasteiger charge is 2.26. The molecule has 22 heavy (non-hydrogen) atoms. The van der Waals surface area contributed by atoms with Gasteiger partial charge in [-0.15, -0.1) is 32.7 Å². The van der Waals surface area contributed by atoms with E-state index in [0.29, 0.717) is 12.8 Å². The maximum Gasteiger partial charge on any atom is 0.698 e. The Kier molecular flexibility index (Phi) is 11.2. The number of hydrogen-bond donors (Lipinski definition) is 0. The van der Waals surface area contributed by atoms with Gasteiger partial charge in [0.1, 0.15) is 0 Å². The van der Waals surface area contributed by atoms with E-state index in [-0.39, 0.29) is 36.6 Å². The van der Waals surface area contributed by atoms with Crippen molar-refractivity contribution in [3.63, 3.8) is 0 Å². The fraction of sp³-hybridized carbons (Fsp3) is 0.625. The lowest BCUT2D eigenvalue weighted by atomic mass is 10.0. The Bertz CT molecular complexity index is 472. The summed E-state index contributed by atoms with van der Waals surface area (Å²) in [4.78, 5) is 23.3. The Labute approximate surface area is 133 Å². The third-order valence-corrected chi connectivity index (χ3v) is 3.57. The van der Waals surface area contributed by atoms with Crippen LogP contribution in [0.4, 0.5) is 0 Å². The Balaban J connectivity index is 4.03. The van der Waals surface area contributed by atoms with Crippen LogP contribution in [-0.2, 0) is 23.2 Å². The lowest BCUT2D eigenvalue weighted by Crippen LogP contribution is -2.17. The normalized spacial score (nSPS) is 12.2. The average Bonchev–Trinajstić information content (AvgIpc) is 2.52. The first kappa shape index (κ1) is 20.5. The van der Waals surface area contributed by atoms with Gasteiger partial charge in [0.15, 0.2) is 24.8 Å². The van der Waals surface area contributed by atoms with Crippen LogP contribution in [0.1, 0.15) is 40.5 Å². The van der Waals surface area contributed by atoms with Crippen molar-refractivity contribution in [3.05, 3.63) is 0 Å². The molecule has 0 aromatic heterocycles. The number of Topliss-reactive ketones (excluding diaryl/α,β-unsaturated/α-hetero) is 2. The minimum Gasteiger partial charge on any atom is -0.297 e. The summed E-state index contributed by atoms with van der Waals surface area (Å²) in [6.45, 7) is 6.22. The molecule has 2 atom stereocenters. The third kappa shape index (κ3) is 9.42. The zero-order valence-corrected chi connectivity index (χ0v) is 14.4. The minimum absolute atomic E-state index is 0.201. The SMILES string of the molecule is CC#CC[C@H](C)C(=O)CO[P+](=O)OCC(=O)[C@@H](C)CC#CC. The van der Waals surface area contributed by atoms with E-state index in [1.165, 1.54) is 0 Å². The predicted molar refractivity (Wildman–Crippen MR) is 84.0 cm³/mol. The van der Waals surface area contributed by atoms with Gasteiger partial charge < -0.3 is 0 Å². The molecule has 0 aromatic rings. The van der Waals surface area contributed by atoms with Gasteiger partial charge in [-0.1, -0.05) is 13.8 Å². The molecule has 0 saturated heterocycles. The summed E-state index contributed by atoms with van der Waals surface area (Å²) < 4.78 is 21.1. The highest BCUT2D eigenvalue weighted by Crippen LogP contribution is 2.24. The van der Waals surface area contributed by atoms with Gasteiger partial charge in [0, 0.05) is 29.2 Å². The second-order valence-corrected chi connectivity index (χ2v) is 5.73. The summed E-state index contributed by atoms with van der Waals surface area (Å²) in [5, 5.41) is 0. The molecular weight excluding hydrogens is 303 g/mol. The van der Waals surface area contributed by atoms with Crippen LogP contribution in [0.5, 0.6) is 0 Å². The Morgan fingerprint density at radius 1 is 0.909 bits per heavy atom. The molecule has 0 unspecified atom stereocenters. The molecule has 0 aliphatic heterocycles. The Morgan fingerprint density at radius 3 is 1.59 bits per heavy atom. The van der Waals surface area contributed by atoms with Crippen LogP contribution >= 0.6 is 8.25 Å². The van der Waals surface area contributed by atoms with E-state index in [9.17, 15) is 14.2 Å². The molecule has 0 radical (unpaired) electrons. The van der Waals surface area contributed by atoms with Crippen molar-refractivity contribution in [2.24, 2.45) is 11.8 Å². The molecule has 6 heteroatoms. The van der Waals surface area contributed by atoms with Crippen molar-refractivity contribution in [1.82, 2.24) is 0 Å². The van der Waals surface area contributed by atoms with Crippen molar-refractivity contribution < 1.29 is 23.2 Å². The van der Waals surface area contributed by atoms with Crippen molar-refractivity contribution in [2.45, 2.75) is 40.5 Å². The zero-order chi connectivity index (χ0) is 17.0. The van der Waals surface area contributed by atoms with E-state index in [1.807, 2.05) is 0 Å². The molecule has 0 heterocycles. The average molecular weight is 325 g/mol. The number of hydrogen-bond acceptors (Lipinski definition) is 5. The largest absolute Gasteiger partial charge is 0.698 e. The van der Waals surface area contributed by atoms with E-state index in [0.717, 1.165) is 0 Å². The van der Waals surface area contributed by atoms with Crippen molar-refractivity contribution in [2.75, 3.05) is 13.2 Å². The first-order valence-electron chi connectivity index (χ1n) is 7.00. The fourth-order valence-electron chi connectivity index (χ4n) is 1.29. The molecule has 5 nitrogen and oxygen atoms in total. The van der Waals surface area contributed by atoms with Crippen LogP contribution in [0.15, 0.2) is 0 Å². The molecular formula is C16H22O5P+. The summed E-state index contributed by atoms with van der Waals surface area (Å²) in [5.74, 6) is 10.0. The monoisotopic (exact) mass is 325 g/mol. The van der Waals surface area contributed by atoms with Gasteiger partial charge >= 0.3 is 8.25 Å². The van der Waals surface area contributed by atoms with Gasteiger partial charge in [0.2, 0.25) is 0 Å². The summed E-state index contributed by atoms with van der Waals surface area (Å²) in [6.07, 6.45) is 0.871. The lowest BCUT2D eigenvalue weighted by Gasteiger charge is -2.03. The molecule has 120 valence electrons. The molecule has 0 amide bonds. The van der Waals surface area contributed by atoms with E-state index >= 15 is 0 Å². The van der Waals surface area contributed by atoms with Crippen molar-refractivity contribution >= 4 is 19.8 Å². The van der Waals surface area contributed by atoms with Crippen LogP contribution in [-0.4, -0.2) is 24.8 Å². The molecule has 0 saturated carbocycles. The third-order valence-electron chi connectivity index (χ3n) is 2.89. The molecule has 0 aliphatic carbocycles. The first-order valence-corrected chi connectivity index (χ1v) is 8.09. The molecule has 0 fully saturated rings. The quantitative estimate of drug-likeness (QED) is 0.456. The van der Waals surface area contributed by atoms with Crippen LogP contribution in [0.25, 0.3) is 0 Å². The highest BCUT2D eigenvalue weighted by molar-refractivity contribution is 7.33. The second-order valence-electron chi connectivity index (χ2n) is 4.77. The highest BCUT2D eigenvalue weighted by atomic mass is 31.1. The standard InChI is InChI=1S/C16H22O5P/c1-5-7-9-13(3)15(17)11-20-22(19)21-12-16(18)14(4)10-8-6-2/h13-14H,9-12H2,1-4H3/q+1/t13-,14-/m0/s1. The van der Waals surface area contributed by atoms with Crippen LogP contribution in [0, 0.1) is 35.5 Å². The summed E-state index contributed by atoms with van der Waals surface area (Å²) in [5.41, 5.74) is 0. The van der Waals surface area contributed by atoms with Gasteiger partial charge in [-0.05, 0) is 13.8 Å². The minimum atomic E-state index is -2.48. The molecule has 0 spiro atoms. The van der Waals surface area contributed by atoms with Gasteiger partial charge in [-0.2, -0.15) is 0 Å². The number of ketones is 2. The van der Waals surface area contributed by atoms with Crippen molar-refractivity contribution in [3.8, 4) is 23.7 Å². The van der Waals surface area contributed by atoms with Gasteiger partial charge in [-0.25, -0.2) is 0 Å². The lowest BCUT2D eigenvalue weighted by molar-refractivity contribution is -0.124. The summed E-state index contributed by atoms with van der Waals surface area (Å²) >= 11 is 0. The first-order chi connectivity index (χ1) is 10.4. The van der Waals surface area contributed by atoms with E-state index < -0.39 is 8.25 Å². The fourth-order valence-corrected chi connectivity index (χ4v) is 1.83. The predicted octanol–water partition coefficient (Wildman–Crippen LogP) is 2.91. The Morgan fingerprint density at radius 2 is 1.27 bits per heavy atom. The van der Waals surface area contributed by atoms with Gasteiger partial charge in [0.05, 0.1) is 0 Å². The van der Waals surface area contributed by atoms with Gasteiger partial charge in [0.25, 0.3) is 0 Å². The smallest absolute Gasteiger partial charge is 0.297 e. The van der Waals surface area contributed by atoms with E-state index in [2.05, 4.69) is 23.7 Å². The van der Waals surface area contributed by atoms with Crippen LogP contribution in [0.3, 0.4) is 0 Å². The van der Waals surface area contributed by atoms with E-state index in [1.54, 1.807) is 27.7 Å². The van der Waals surface area contributed by atoms with Gasteiger partial charge in [-0.3, -0.25) is 9.59 Å². The summed E-state index contributed by atoms with van der Waals surface area (Å²) in [6, 6.07) is 0. The molecule has 0 aliphatic rings. The number of rotatable bonds is 10. The van der Waals surface area contributed by atoms with Crippen LogP contribution in [0.2, 0.25) is 0 Å². The molecule has 0 rings (SSSR count). The second kappa shape index (κ2) is 12.1. The Hall–Kier alpha value is -1.52. The van der Waals surface area contributed by atoms with E-state index in [4.69, 9.17) is 9.05 Å². The molecule has 0 bridgehead atoms. The molecule has 0 aromatic carbocycles. The number of carbonyl (C=O) groups excluding carboxylic acids is 2. The topological polar surface area (TPSA) is 69.7 Å². The number of carbonyl (C=O) groups is 2. The zero-order valence-electron chi connectivity index (χ0n) is 13.5. The molecule has 0 N–H and O–H groups in total. The maximum absolute atomic E-state index is 11.7. The summed E-state index contributed by atoms with van der Waals surface area (Å²) in [7, 11) is -2.48. The van der Waals surface area contributed by atoms with Crippen molar-refractivity contribution in [1.29, 1.82) is 0 Å². The maximum atomic E-state index is 11.7. The van der Waals surface area contributed by atoms with Crippen LogP contribution < -0.4 is 0 Å².